The molecule has 186 valence electrons. The summed E-state index contributed by atoms with van der Waals surface area (Å²) in [6, 6.07) is 1.46. The lowest BCUT2D eigenvalue weighted by molar-refractivity contribution is -0.169. The van der Waals surface area contributed by atoms with Crippen LogP contribution in [0, 0.1) is 11.8 Å². The molecule has 0 spiro atoms. The van der Waals surface area contributed by atoms with Gasteiger partial charge in [0.1, 0.15) is 22.8 Å². The van der Waals surface area contributed by atoms with E-state index in [0.29, 0.717) is 12.0 Å². The van der Waals surface area contributed by atoms with Crippen molar-refractivity contribution in [2.75, 3.05) is 19.4 Å². The second-order valence-corrected chi connectivity index (χ2v) is 9.24. The van der Waals surface area contributed by atoms with Crippen molar-refractivity contribution in [3.8, 4) is 5.75 Å². The molecule has 1 saturated carbocycles. The van der Waals surface area contributed by atoms with E-state index in [1.165, 1.54) is 31.1 Å². The predicted molar refractivity (Wildman–Crippen MR) is 120 cm³/mol. The first-order chi connectivity index (χ1) is 16.3. The zero-order valence-corrected chi connectivity index (χ0v) is 19.0. The number of hydrogen-bond donors (Lipinski definition) is 7. The SMILES string of the molecule is C[C@H]1c2ccc(NC=O)c(O)c2C(O)=C2C(=O)[C@]3(O)C(O)=C(C(N)=O)C(=O)[C@@H](N(C)C)[C@@H]3[C@@H](O)[C@@H]21. The summed E-state index contributed by atoms with van der Waals surface area (Å²) in [5.74, 6) is -9.73. The van der Waals surface area contributed by atoms with Crippen LogP contribution in [0.1, 0.15) is 24.0 Å². The number of carbonyl (C=O) groups is 4. The van der Waals surface area contributed by atoms with Crippen molar-refractivity contribution >= 4 is 35.3 Å². The molecule has 1 aromatic rings. The molecular formula is C23H25N3O9. The molecule has 8 N–H and O–H groups in total. The van der Waals surface area contributed by atoms with Gasteiger partial charge in [-0.2, -0.15) is 0 Å². The lowest BCUT2D eigenvalue weighted by atomic mass is 9.54. The van der Waals surface area contributed by atoms with Crippen LogP contribution in [-0.2, 0) is 19.2 Å². The van der Waals surface area contributed by atoms with Crippen LogP contribution in [0.5, 0.6) is 5.75 Å². The molecule has 0 bridgehead atoms. The third-order valence-corrected chi connectivity index (χ3v) is 7.34. The lowest BCUT2D eigenvalue weighted by Crippen LogP contribution is -2.70. The summed E-state index contributed by atoms with van der Waals surface area (Å²) >= 11 is 0. The van der Waals surface area contributed by atoms with Crippen LogP contribution >= 0.6 is 0 Å². The Morgan fingerprint density at radius 1 is 1.20 bits per heavy atom. The summed E-state index contributed by atoms with van der Waals surface area (Å²) in [7, 11) is 2.87. The number of rotatable bonds is 4. The number of nitrogens with zero attached hydrogens (tertiary/aromatic N) is 1. The first-order valence-corrected chi connectivity index (χ1v) is 10.7. The number of primary amides is 1. The van der Waals surface area contributed by atoms with Gasteiger partial charge in [-0.25, -0.2) is 0 Å². The third-order valence-electron chi connectivity index (χ3n) is 7.34. The summed E-state index contributed by atoms with van der Waals surface area (Å²) in [6.07, 6.45) is -1.36. The molecular weight excluding hydrogens is 462 g/mol. The highest BCUT2D eigenvalue weighted by atomic mass is 16.4. The van der Waals surface area contributed by atoms with Gasteiger partial charge in [-0.1, -0.05) is 13.0 Å². The second-order valence-electron chi connectivity index (χ2n) is 9.24. The number of phenolic OH excluding ortho intramolecular Hbond substituents is 1. The second kappa shape index (κ2) is 7.90. The summed E-state index contributed by atoms with van der Waals surface area (Å²) in [5.41, 5.74) is 0.884. The molecule has 0 radical (unpaired) electrons. The van der Waals surface area contributed by atoms with Crippen LogP contribution in [0.3, 0.4) is 0 Å². The molecule has 1 fully saturated rings. The average molecular weight is 487 g/mol. The van der Waals surface area contributed by atoms with Gasteiger partial charge in [-0.05, 0) is 31.6 Å². The number of nitrogens with two attached hydrogens (primary N) is 1. The van der Waals surface area contributed by atoms with Gasteiger partial charge in [0, 0.05) is 11.5 Å². The van der Waals surface area contributed by atoms with Crippen molar-refractivity contribution in [1.82, 2.24) is 4.90 Å². The standard InChI is InChI=1S/C23H25N3O9/c1-7-8-4-5-9(25-6-27)16(28)11(8)17(29)12-10(7)18(30)14-15(26(2)3)19(31)13(22(24)34)21(33)23(14,35)20(12)32/h4-7,10,14-15,18,28-30,33,35H,1-3H3,(H2,24,34)(H,25,27)/t7-,10+,14+,15-,18-,23-/m0/s1. The molecule has 0 saturated heterocycles. The zero-order chi connectivity index (χ0) is 26.1. The van der Waals surface area contributed by atoms with Crippen LogP contribution in [0.15, 0.2) is 29.0 Å². The maximum atomic E-state index is 13.8. The number of aromatic hydroxyl groups is 1. The highest BCUT2D eigenvalue weighted by Gasteiger charge is 2.68. The van der Waals surface area contributed by atoms with E-state index in [1.54, 1.807) is 6.92 Å². The summed E-state index contributed by atoms with van der Waals surface area (Å²) < 4.78 is 0. The normalized spacial score (nSPS) is 32.2. The van der Waals surface area contributed by atoms with E-state index in [0.717, 1.165) is 0 Å². The fourth-order valence-corrected chi connectivity index (χ4v) is 5.80. The molecule has 12 heteroatoms. The number of nitrogens with one attached hydrogen (secondary N) is 1. The number of aliphatic hydroxyl groups excluding tert-OH is 3. The molecule has 35 heavy (non-hydrogen) atoms. The molecule has 2 amide bonds. The molecule has 0 unspecified atom stereocenters. The topological polar surface area (TPSA) is 211 Å². The van der Waals surface area contributed by atoms with Gasteiger partial charge >= 0.3 is 0 Å². The van der Waals surface area contributed by atoms with Crippen LogP contribution < -0.4 is 11.1 Å². The van der Waals surface area contributed by atoms with Gasteiger partial charge in [0.25, 0.3) is 5.91 Å². The minimum absolute atomic E-state index is 0.0633. The minimum atomic E-state index is -2.97. The van der Waals surface area contributed by atoms with Crippen LogP contribution in [-0.4, -0.2) is 86.2 Å². The number of amides is 2. The van der Waals surface area contributed by atoms with Crippen molar-refractivity contribution in [2.24, 2.45) is 17.6 Å². The molecule has 0 heterocycles. The number of anilines is 1. The molecule has 6 atom stereocenters. The number of fused-ring (bicyclic) bond motifs is 3. The molecule has 1 aromatic carbocycles. The van der Waals surface area contributed by atoms with Crippen LogP contribution in [0.25, 0.3) is 5.76 Å². The maximum absolute atomic E-state index is 13.8. The van der Waals surface area contributed by atoms with Gasteiger partial charge in [0.05, 0.1) is 29.3 Å². The molecule has 12 nitrogen and oxygen atoms in total. The fourth-order valence-electron chi connectivity index (χ4n) is 5.80. The Morgan fingerprint density at radius 3 is 2.37 bits per heavy atom. The van der Waals surface area contributed by atoms with E-state index in [9.17, 15) is 44.7 Å². The van der Waals surface area contributed by atoms with Crippen molar-refractivity contribution in [3.05, 3.63) is 40.2 Å². The Balaban J connectivity index is 2.05. The number of hydrogen-bond acceptors (Lipinski definition) is 10. The molecule has 3 aliphatic carbocycles. The first-order valence-electron chi connectivity index (χ1n) is 10.7. The highest BCUT2D eigenvalue weighted by molar-refractivity contribution is 6.24. The van der Waals surface area contributed by atoms with E-state index >= 15 is 0 Å². The first kappa shape index (κ1) is 24.4. The Morgan fingerprint density at radius 2 is 1.83 bits per heavy atom. The summed E-state index contributed by atoms with van der Waals surface area (Å²) in [6.45, 7) is 1.61. The Kier molecular flexibility index (Phi) is 5.51. The fraction of sp³-hybridized carbons (Fsp3) is 0.391. The Bertz CT molecular complexity index is 1250. The summed E-state index contributed by atoms with van der Waals surface area (Å²) in [5, 5.41) is 57.9. The van der Waals surface area contributed by atoms with Gasteiger partial charge in [0.2, 0.25) is 12.2 Å². The number of benzene rings is 1. The number of ketones is 2. The summed E-state index contributed by atoms with van der Waals surface area (Å²) in [4.78, 5) is 51.1. The number of Topliss-reactive ketones (excluding diaryl/α,β-unsaturated/α-hetero) is 2. The van der Waals surface area contributed by atoms with E-state index < -0.39 is 81.4 Å². The Labute approximate surface area is 199 Å². The number of likely N-dealkylation sites (N-methyl/N-ethyl adjacent to an activating group) is 1. The molecule has 3 aliphatic rings. The van der Waals surface area contributed by atoms with E-state index in [4.69, 9.17) is 5.73 Å². The maximum Gasteiger partial charge on any atom is 0.255 e. The van der Waals surface area contributed by atoms with Crippen molar-refractivity contribution in [3.63, 3.8) is 0 Å². The number of carbonyl (C=O) groups excluding carboxylic acids is 4. The third kappa shape index (κ3) is 2.97. The van der Waals surface area contributed by atoms with Gasteiger partial charge in [-0.3, -0.25) is 24.1 Å². The molecule has 0 aromatic heterocycles. The highest BCUT2D eigenvalue weighted by Crippen LogP contribution is 2.56. The van der Waals surface area contributed by atoms with Crippen LogP contribution in [0.4, 0.5) is 5.69 Å². The molecule has 4 rings (SSSR count). The molecule has 0 aliphatic heterocycles. The van der Waals surface area contributed by atoms with Crippen molar-refractivity contribution in [1.29, 1.82) is 0 Å². The van der Waals surface area contributed by atoms with Crippen molar-refractivity contribution in [2.45, 2.75) is 30.6 Å². The van der Waals surface area contributed by atoms with Gasteiger partial charge in [0.15, 0.2) is 11.4 Å². The van der Waals surface area contributed by atoms with E-state index in [1.807, 2.05) is 0 Å². The monoisotopic (exact) mass is 487 g/mol. The van der Waals surface area contributed by atoms with Crippen molar-refractivity contribution < 1.29 is 44.7 Å². The van der Waals surface area contributed by atoms with Gasteiger partial charge < -0.3 is 36.6 Å². The zero-order valence-electron chi connectivity index (χ0n) is 19.0. The smallest absolute Gasteiger partial charge is 0.255 e. The lowest BCUT2D eigenvalue weighted by Gasteiger charge is -2.53. The van der Waals surface area contributed by atoms with E-state index in [-0.39, 0.29) is 11.3 Å². The van der Waals surface area contributed by atoms with Gasteiger partial charge in [-0.15, -0.1) is 0 Å². The quantitative estimate of drug-likeness (QED) is 0.157. The van der Waals surface area contributed by atoms with E-state index in [2.05, 4.69) is 5.32 Å². The average Bonchev–Trinajstić information content (AvgIpc) is 2.77. The predicted octanol–water partition coefficient (Wildman–Crippen LogP) is -0.936. The minimum Gasteiger partial charge on any atom is -0.508 e. The number of aliphatic hydroxyl groups is 4. The Hall–Kier alpha value is -3.74. The largest absolute Gasteiger partial charge is 0.508 e. The van der Waals surface area contributed by atoms with Crippen LogP contribution in [0.2, 0.25) is 0 Å². The number of phenols is 1.